The summed E-state index contributed by atoms with van der Waals surface area (Å²) in [5.74, 6) is -0.153. The molecule has 0 saturated carbocycles. The molecular formula is C9H7N3O. The van der Waals surface area contributed by atoms with E-state index in [9.17, 15) is 4.79 Å². The van der Waals surface area contributed by atoms with Gasteiger partial charge in [0, 0.05) is 0 Å². The van der Waals surface area contributed by atoms with E-state index in [4.69, 9.17) is 5.26 Å². The number of rotatable bonds is 0. The number of hydrogen-bond acceptors (Lipinski definition) is 3. The number of benzene rings is 1. The molecule has 1 N–H and O–H groups in total. The Morgan fingerprint density at radius 2 is 2.23 bits per heavy atom. The Balaban J connectivity index is 2.50. The molecular weight excluding hydrogens is 166 g/mol. The Hall–Kier alpha value is -2.02. The fourth-order valence-corrected chi connectivity index (χ4v) is 1.32. The Labute approximate surface area is 75.4 Å². The predicted molar refractivity (Wildman–Crippen MR) is 48.0 cm³/mol. The van der Waals surface area contributed by atoms with Gasteiger partial charge in [0.05, 0.1) is 11.4 Å². The molecule has 0 unspecified atom stereocenters. The second kappa shape index (κ2) is 2.79. The number of anilines is 2. The lowest BCUT2D eigenvalue weighted by Gasteiger charge is -2.23. The van der Waals surface area contributed by atoms with Gasteiger partial charge < -0.3 is 5.32 Å². The number of amides is 1. The molecule has 0 saturated heterocycles. The maximum atomic E-state index is 11.1. The van der Waals surface area contributed by atoms with Crippen LogP contribution >= 0.6 is 0 Å². The molecule has 1 aromatic rings. The second-order valence-electron chi connectivity index (χ2n) is 2.75. The van der Waals surface area contributed by atoms with Gasteiger partial charge in [0.25, 0.3) is 0 Å². The third-order valence-corrected chi connectivity index (χ3v) is 1.89. The molecule has 1 amide bonds. The highest BCUT2D eigenvalue weighted by Crippen LogP contribution is 2.27. The number of para-hydroxylation sites is 2. The zero-order valence-electron chi connectivity index (χ0n) is 6.82. The average Bonchev–Trinajstić information content (AvgIpc) is 2.16. The lowest BCUT2D eigenvalue weighted by Crippen LogP contribution is -2.34. The Morgan fingerprint density at radius 1 is 1.46 bits per heavy atom. The summed E-state index contributed by atoms with van der Waals surface area (Å²) in [6.45, 7) is 0.105. The molecule has 4 heteroatoms. The van der Waals surface area contributed by atoms with Crippen molar-refractivity contribution in [3.8, 4) is 6.19 Å². The van der Waals surface area contributed by atoms with Crippen molar-refractivity contribution in [3.63, 3.8) is 0 Å². The zero-order chi connectivity index (χ0) is 9.26. The van der Waals surface area contributed by atoms with E-state index in [1.165, 1.54) is 4.90 Å². The minimum Gasteiger partial charge on any atom is -0.323 e. The van der Waals surface area contributed by atoms with Crippen LogP contribution in [0.4, 0.5) is 11.4 Å². The summed E-state index contributed by atoms with van der Waals surface area (Å²) in [7, 11) is 0. The van der Waals surface area contributed by atoms with Gasteiger partial charge in [0.2, 0.25) is 5.91 Å². The summed E-state index contributed by atoms with van der Waals surface area (Å²) in [4.78, 5) is 12.5. The second-order valence-corrected chi connectivity index (χ2v) is 2.75. The van der Waals surface area contributed by atoms with E-state index in [-0.39, 0.29) is 12.5 Å². The lowest BCUT2D eigenvalue weighted by molar-refractivity contribution is -0.115. The van der Waals surface area contributed by atoms with Crippen LogP contribution in [0.3, 0.4) is 0 Å². The molecule has 1 aliphatic heterocycles. The average molecular weight is 173 g/mol. The van der Waals surface area contributed by atoms with Crippen molar-refractivity contribution in [1.29, 1.82) is 5.26 Å². The molecule has 2 rings (SSSR count). The van der Waals surface area contributed by atoms with Crippen LogP contribution in [0.25, 0.3) is 0 Å². The fraction of sp³-hybridized carbons (Fsp3) is 0.111. The largest absolute Gasteiger partial charge is 0.323 e. The first kappa shape index (κ1) is 7.62. The topological polar surface area (TPSA) is 56.1 Å². The Kier molecular flexibility index (Phi) is 1.64. The SMILES string of the molecule is N#CN1CC(=O)Nc2ccccc21. The third kappa shape index (κ3) is 1.20. The van der Waals surface area contributed by atoms with Gasteiger partial charge in [0.15, 0.2) is 6.19 Å². The predicted octanol–water partition coefficient (Wildman–Crippen LogP) is 0.926. The summed E-state index contributed by atoms with van der Waals surface area (Å²) in [5.41, 5.74) is 1.45. The quantitative estimate of drug-likeness (QED) is 0.593. The first-order valence-corrected chi connectivity index (χ1v) is 3.87. The van der Waals surface area contributed by atoms with Crippen molar-refractivity contribution >= 4 is 17.3 Å². The van der Waals surface area contributed by atoms with Crippen molar-refractivity contribution in [2.75, 3.05) is 16.8 Å². The lowest BCUT2D eigenvalue weighted by atomic mass is 10.2. The normalized spacial score (nSPS) is 14.4. The van der Waals surface area contributed by atoms with Gasteiger partial charge in [-0.2, -0.15) is 5.26 Å². The van der Waals surface area contributed by atoms with Crippen LogP contribution in [0, 0.1) is 11.5 Å². The standard InChI is InChI=1S/C9H7N3O/c10-6-12-5-9(13)11-7-3-1-2-4-8(7)12/h1-4H,5H2,(H,11,13). The van der Waals surface area contributed by atoms with Crippen molar-refractivity contribution in [2.24, 2.45) is 0 Å². The molecule has 0 atom stereocenters. The summed E-state index contributed by atoms with van der Waals surface area (Å²) < 4.78 is 0. The molecule has 0 aliphatic carbocycles. The van der Waals surface area contributed by atoms with Crippen LogP contribution in [0.5, 0.6) is 0 Å². The van der Waals surface area contributed by atoms with E-state index in [0.29, 0.717) is 5.69 Å². The molecule has 1 aromatic carbocycles. The smallest absolute Gasteiger partial charge is 0.245 e. The van der Waals surface area contributed by atoms with Gasteiger partial charge in [-0.25, -0.2) is 0 Å². The van der Waals surface area contributed by atoms with E-state index in [1.54, 1.807) is 12.1 Å². The minimum atomic E-state index is -0.153. The number of nitriles is 1. The number of nitrogens with zero attached hydrogens (tertiary/aromatic N) is 2. The molecule has 0 spiro atoms. The fourth-order valence-electron chi connectivity index (χ4n) is 1.32. The monoisotopic (exact) mass is 173 g/mol. The van der Waals surface area contributed by atoms with E-state index in [1.807, 2.05) is 18.3 Å². The maximum absolute atomic E-state index is 11.1. The first-order valence-electron chi connectivity index (χ1n) is 3.87. The maximum Gasteiger partial charge on any atom is 0.245 e. The molecule has 1 aliphatic rings. The van der Waals surface area contributed by atoms with Crippen LogP contribution in [0.1, 0.15) is 0 Å². The van der Waals surface area contributed by atoms with E-state index in [0.717, 1.165) is 5.69 Å². The number of fused-ring (bicyclic) bond motifs is 1. The third-order valence-electron chi connectivity index (χ3n) is 1.89. The highest BCUT2D eigenvalue weighted by molar-refractivity contribution is 6.01. The molecule has 64 valence electrons. The molecule has 4 nitrogen and oxygen atoms in total. The van der Waals surface area contributed by atoms with Crippen molar-refractivity contribution in [3.05, 3.63) is 24.3 Å². The summed E-state index contributed by atoms with van der Waals surface area (Å²) in [5, 5.41) is 11.4. The molecule has 0 fully saturated rings. The van der Waals surface area contributed by atoms with E-state index in [2.05, 4.69) is 5.32 Å². The Morgan fingerprint density at radius 3 is 3.00 bits per heavy atom. The molecule has 13 heavy (non-hydrogen) atoms. The number of hydrogen-bond donors (Lipinski definition) is 1. The van der Waals surface area contributed by atoms with Gasteiger partial charge in [-0.3, -0.25) is 9.69 Å². The number of carbonyl (C=O) groups excluding carboxylic acids is 1. The van der Waals surface area contributed by atoms with Gasteiger partial charge in [-0.1, -0.05) is 12.1 Å². The molecule has 0 aromatic heterocycles. The van der Waals surface area contributed by atoms with Crippen molar-refractivity contribution in [2.45, 2.75) is 0 Å². The van der Waals surface area contributed by atoms with Crippen molar-refractivity contribution in [1.82, 2.24) is 0 Å². The highest BCUT2D eigenvalue weighted by Gasteiger charge is 2.20. The molecule has 0 bridgehead atoms. The minimum absolute atomic E-state index is 0.105. The van der Waals surface area contributed by atoms with E-state index >= 15 is 0 Å². The van der Waals surface area contributed by atoms with E-state index < -0.39 is 0 Å². The van der Waals surface area contributed by atoms with Gasteiger partial charge in [-0.15, -0.1) is 0 Å². The first-order chi connectivity index (χ1) is 6.31. The van der Waals surface area contributed by atoms with Gasteiger partial charge >= 0.3 is 0 Å². The number of nitrogens with one attached hydrogen (secondary N) is 1. The van der Waals surface area contributed by atoms with Crippen LogP contribution in [-0.2, 0) is 4.79 Å². The molecule has 0 radical (unpaired) electrons. The molecule has 1 heterocycles. The summed E-state index contributed by atoms with van der Waals surface area (Å²) in [6.07, 6.45) is 1.96. The van der Waals surface area contributed by atoms with Crippen LogP contribution in [0.15, 0.2) is 24.3 Å². The summed E-state index contributed by atoms with van der Waals surface area (Å²) >= 11 is 0. The van der Waals surface area contributed by atoms with Gasteiger partial charge in [-0.05, 0) is 12.1 Å². The Bertz CT molecular complexity index is 394. The van der Waals surface area contributed by atoms with Crippen LogP contribution in [-0.4, -0.2) is 12.5 Å². The zero-order valence-corrected chi connectivity index (χ0v) is 6.82. The highest BCUT2D eigenvalue weighted by atomic mass is 16.2. The van der Waals surface area contributed by atoms with Crippen LogP contribution in [0.2, 0.25) is 0 Å². The van der Waals surface area contributed by atoms with Crippen LogP contribution < -0.4 is 10.2 Å². The number of carbonyl (C=O) groups is 1. The van der Waals surface area contributed by atoms with Gasteiger partial charge in [0.1, 0.15) is 6.54 Å². The van der Waals surface area contributed by atoms with Crippen molar-refractivity contribution < 1.29 is 4.79 Å². The summed E-state index contributed by atoms with van der Waals surface area (Å²) in [6, 6.07) is 7.23.